The second-order valence-electron chi connectivity index (χ2n) is 7.17. The van der Waals surface area contributed by atoms with Gasteiger partial charge in [-0.2, -0.15) is 0 Å². The highest BCUT2D eigenvalue weighted by Gasteiger charge is 2.25. The summed E-state index contributed by atoms with van der Waals surface area (Å²) in [6.07, 6.45) is 0.988. The van der Waals surface area contributed by atoms with Crippen molar-refractivity contribution >= 4 is 21.8 Å². The third-order valence-corrected chi connectivity index (χ3v) is 5.66. The Kier molecular flexibility index (Phi) is 3.02. The highest BCUT2D eigenvalue weighted by atomic mass is 16.1. The van der Waals surface area contributed by atoms with Crippen molar-refractivity contribution in [1.82, 2.24) is 9.97 Å². The standard InChI is InChI=1S/C22H18N2O2/c1-11-5-3-7-13-15-9-18-16(10-17(15)21(25)23-19(11)13)14-8-4-6-12(2)20(14)24-22(18)26/h3-8H,9-10H2,1-2H3,(H,23,25)(H,24,26). The molecule has 0 aliphatic heterocycles. The molecule has 0 unspecified atom stereocenters. The number of hydrogen-bond acceptors (Lipinski definition) is 2. The molecule has 4 heteroatoms. The van der Waals surface area contributed by atoms with Crippen LogP contribution >= 0.6 is 0 Å². The molecule has 4 nitrogen and oxygen atoms in total. The molecule has 2 aromatic carbocycles. The fraction of sp³-hybridized carbons (Fsp3) is 0.182. The summed E-state index contributed by atoms with van der Waals surface area (Å²) in [7, 11) is 0. The lowest BCUT2D eigenvalue weighted by Crippen LogP contribution is -2.26. The molecule has 2 N–H and O–H groups in total. The maximum absolute atomic E-state index is 12.8. The molecule has 1 aliphatic carbocycles. The summed E-state index contributed by atoms with van der Waals surface area (Å²) >= 11 is 0. The molecule has 0 bridgehead atoms. The van der Waals surface area contributed by atoms with Crippen LogP contribution in [0.4, 0.5) is 0 Å². The van der Waals surface area contributed by atoms with E-state index in [-0.39, 0.29) is 11.1 Å². The van der Waals surface area contributed by atoms with E-state index in [1.165, 1.54) is 0 Å². The van der Waals surface area contributed by atoms with Gasteiger partial charge in [0.1, 0.15) is 0 Å². The molecule has 5 rings (SSSR count). The highest BCUT2D eigenvalue weighted by Crippen LogP contribution is 2.32. The third-order valence-electron chi connectivity index (χ3n) is 5.66. The molecule has 0 fully saturated rings. The van der Waals surface area contributed by atoms with Crippen LogP contribution in [0.15, 0.2) is 46.0 Å². The van der Waals surface area contributed by atoms with Gasteiger partial charge in [-0.15, -0.1) is 0 Å². The molecule has 0 saturated heterocycles. The zero-order valence-corrected chi connectivity index (χ0v) is 14.7. The van der Waals surface area contributed by atoms with E-state index in [9.17, 15) is 9.59 Å². The minimum atomic E-state index is -0.0477. The zero-order chi connectivity index (χ0) is 18.0. The van der Waals surface area contributed by atoms with Gasteiger partial charge in [0, 0.05) is 34.7 Å². The highest BCUT2D eigenvalue weighted by molar-refractivity contribution is 5.90. The van der Waals surface area contributed by atoms with E-state index in [2.05, 4.69) is 9.97 Å². The smallest absolute Gasteiger partial charge is 0.252 e. The summed E-state index contributed by atoms with van der Waals surface area (Å²) in [6.45, 7) is 3.98. The van der Waals surface area contributed by atoms with Gasteiger partial charge in [-0.1, -0.05) is 36.4 Å². The van der Waals surface area contributed by atoms with Crippen molar-refractivity contribution in [1.29, 1.82) is 0 Å². The van der Waals surface area contributed by atoms with Crippen molar-refractivity contribution in [2.75, 3.05) is 0 Å². The van der Waals surface area contributed by atoms with Gasteiger partial charge >= 0.3 is 0 Å². The molecule has 0 radical (unpaired) electrons. The third kappa shape index (κ3) is 1.96. The van der Waals surface area contributed by atoms with Crippen LogP contribution in [0.25, 0.3) is 21.8 Å². The van der Waals surface area contributed by atoms with E-state index in [1.807, 2.05) is 50.2 Å². The predicted octanol–water partition coefficient (Wildman–Crippen LogP) is 3.48. The van der Waals surface area contributed by atoms with Crippen molar-refractivity contribution in [2.45, 2.75) is 26.7 Å². The van der Waals surface area contributed by atoms with E-state index < -0.39 is 0 Å². The molecule has 0 amide bonds. The van der Waals surface area contributed by atoms with E-state index in [0.29, 0.717) is 12.8 Å². The Hall–Kier alpha value is -3.14. The molecule has 0 atom stereocenters. The Morgan fingerprint density at radius 3 is 1.50 bits per heavy atom. The number of rotatable bonds is 0. The van der Waals surface area contributed by atoms with E-state index >= 15 is 0 Å². The lowest BCUT2D eigenvalue weighted by molar-refractivity contribution is 0.961. The number of H-pyrrole nitrogens is 2. The van der Waals surface area contributed by atoms with Gasteiger partial charge in [0.25, 0.3) is 11.1 Å². The predicted molar refractivity (Wildman–Crippen MR) is 104 cm³/mol. The average Bonchev–Trinajstić information content (AvgIpc) is 2.63. The van der Waals surface area contributed by atoms with Gasteiger partial charge in [0.15, 0.2) is 0 Å². The fourth-order valence-electron chi connectivity index (χ4n) is 4.28. The molecule has 128 valence electrons. The number of nitrogens with one attached hydrogen (secondary N) is 2. The number of fused-ring (bicyclic) bond motifs is 6. The van der Waals surface area contributed by atoms with Crippen LogP contribution in [0.5, 0.6) is 0 Å². The molecule has 2 heterocycles. The van der Waals surface area contributed by atoms with Crippen LogP contribution in [0, 0.1) is 13.8 Å². The molecule has 4 aromatic rings. The van der Waals surface area contributed by atoms with Gasteiger partial charge < -0.3 is 9.97 Å². The summed E-state index contributed by atoms with van der Waals surface area (Å²) < 4.78 is 0. The first-order valence-corrected chi connectivity index (χ1v) is 8.81. The SMILES string of the molecule is Cc1cccc2c3c(c(=O)[nH]c12)Cc1c(c(=O)[nH]c2c(C)cccc12)C3. The van der Waals surface area contributed by atoms with Crippen molar-refractivity contribution in [3.8, 4) is 0 Å². The summed E-state index contributed by atoms with van der Waals surface area (Å²) in [5.74, 6) is 0. The van der Waals surface area contributed by atoms with E-state index in [1.54, 1.807) is 0 Å². The first-order chi connectivity index (χ1) is 12.5. The van der Waals surface area contributed by atoms with Crippen molar-refractivity contribution < 1.29 is 0 Å². The minimum Gasteiger partial charge on any atom is -0.321 e. The molecule has 26 heavy (non-hydrogen) atoms. The monoisotopic (exact) mass is 342 g/mol. The summed E-state index contributed by atoms with van der Waals surface area (Å²) in [6, 6.07) is 12.0. The minimum absolute atomic E-state index is 0.0477. The van der Waals surface area contributed by atoms with Crippen LogP contribution < -0.4 is 11.1 Å². The lowest BCUT2D eigenvalue weighted by Gasteiger charge is -2.22. The maximum Gasteiger partial charge on any atom is 0.252 e. The maximum atomic E-state index is 12.8. The van der Waals surface area contributed by atoms with E-state index in [0.717, 1.165) is 55.2 Å². The molecular weight excluding hydrogens is 324 g/mol. The molecular formula is C22H18N2O2. The van der Waals surface area contributed by atoms with Crippen molar-refractivity contribution in [2.24, 2.45) is 0 Å². The van der Waals surface area contributed by atoms with Crippen LogP contribution in [-0.2, 0) is 12.8 Å². The number of para-hydroxylation sites is 2. The molecule has 0 saturated carbocycles. The molecule has 2 aromatic heterocycles. The van der Waals surface area contributed by atoms with Gasteiger partial charge in [0.05, 0.1) is 11.0 Å². The van der Waals surface area contributed by atoms with E-state index in [4.69, 9.17) is 0 Å². The van der Waals surface area contributed by atoms with Gasteiger partial charge in [-0.25, -0.2) is 0 Å². The van der Waals surface area contributed by atoms with Gasteiger partial charge in [-0.05, 0) is 36.1 Å². The molecule has 1 aliphatic rings. The van der Waals surface area contributed by atoms with Crippen molar-refractivity contribution in [3.63, 3.8) is 0 Å². The van der Waals surface area contributed by atoms with Crippen LogP contribution in [0.3, 0.4) is 0 Å². The number of benzene rings is 2. The quantitative estimate of drug-likeness (QED) is 0.452. The normalized spacial score (nSPS) is 13.0. The number of aryl methyl sites for hydroxylation is 2. The second-order valence-corrected chi connectivity index (χ2v) is 7.17. The lowest BCUT2D eigenvalue weighted by atomic mass is 9.83. The average molecular weight is 342 g/mol. The van der Waals surface area contributed by atoms with Crippen molar-refractivity contribution in [3.05, 3.63) is 90.5 Å². The Morgan fingerprint density at radius 1 is 0.654 bits per heavy atom. The topological polar surface area (TPSA) is 65.7 Å². The van der Waals surface area contributed by atoms with Gasteiger partial charge in [0.2, 0.25) is 0 Å². The first kappa shape index (κ1) is 15.1. The Bertz CT molecular complexity index is 1240. The number of hydrogen-bond donors (Lipinski definition) is 2. The Balaban J connectivity index is 1.87. The number of aromatic amines is 2. The van der Waals surface area contributed by atoms with Gasteiger partial charge in [-0.3, -0.25) is 9.59 Å². The summed E-state index contributed by atoms with van der Waals surface area (Å²) in [5, 5.41) is 2.07. The summed E-state index contributed by atoms with van der Waals surface area (Å²) in [5.41, 5.74) is 7.25. The van der Waals surface area contributed by atoms with Crippen LogP contribution in [0.1, 0.15) is 33.4 Å². The number of pyridine rings is 2. The van der Waals surface area contributed by atoms with Crippen LogP contribution in [0.2, 0.25) is 0 Å². The Morgan fingerprint density at radius 2 is 1.08 bits per heavy atom. The Labute approximate surface area is 149 Å². The second kappa shape index (κ2) is 5.18. The summed E-state index contributed by atoms with van der Waals surface area (Å²) in [4.78, 5) is 31.7. The molecule has 0 spiro atoms. The first-order valence-electron chi connectivity index (χ1n) is 8.81. The van der Waals surface area contributed by atoms with Crippen LogP contribution in [-0.4, -0.2) is 9.97 Å². The largest absolute Gasteiger partial charge is 0.321 e. The fourth-order valence-corrected chi connectivity index (χ4v) is 4.28. The number of aromatic nitrogens is 2. The zero-order valence-electron chi connectivity index (χ0n) is 14.7.